The molecule has 6 heteroatoms. The Kier molecular flexibility index (Phi) is 3.83. The van der Waals surface area contributed by atoms with Gasteiger partial charge >= 0.3 is 0 Å². The Balaban J connectivity index is 1.37. The molecule has 136 valence electrons. The molecule has 1 aromatic heterocycles. The molecule has 3 aromatic rings. The summed E-state index contributed by atoms with van der Waals surface area (Å²) in [6.07, 6.45) is 4.96. The third-order valence-electron chi connectivity index (χ3n) is 5.11. The molecule has 27 heavy (non-hydrogen) atoms. The number of rotatable bonds is 2. The lowest BCUT2D eigenvalue weighted by Gasteiger charge is -2.26. The minimum Gasteiger partial charge on any atom is -0.454 e. The standard InChI is InChI=1S/C21H17ClN2O3/c22-15-2-3-16-17(11-23-18(16)10-15)13-5-7-24(8-6-13)21(25)14-1-4-19-20(9-14)27-12-26-19/h1-5,9-11,23H,6-8,12H2. The summed E-state index contributed by atoms with van der Waals surface area (Å²) < 4.78 is 10.7. The number of hydrogen-bond donors (Lipinski definition) is 1. The van der Waals surface area contributed by atoms with Crippen LogP contribution in [0.4, 0.5) is 0 Å². The van der Waals surface area contributed by atoms with Gasteiger partial charge in [0.1, 0.15) is 0 Å². The molecule has 5 nitrogen and oxygen atoms in total. The summed E-state index contributed by atoms with van der Waals surface area (Å²) in [5, 5.41) is 1.87. The highest BCUT2D eigenvalue weighted by atomic mass is 35.5. The predicted molar refractivity (Wildman–Crippen MR) is 104 cm³/mol. The number of amides is 1. The van der Waals surface area contributed by atoms with Crippen LogP contribution in [0.25, 0.3) is 16.5 Å². The summed E-state index contributed by atoms with van der Waals surface area (Å²) in [5.41, 5.74) is 4.07. The van der Waals surface area contributed by atoms with Crippen molar-refractivity contribution in [3.8, 4) is 11.5 Å². The van der Waals surface area contributed by atoms with E-state index in [1.54, 1.807) is 18.2 Å². The molecular weight excluding hydrogens is 364 g/mol. The Morgan fingerprint density at radius 1 is 1.11 bits per heavy atom. The first-order valence-electron chi connectivity index (χ1n) is 8.84. The zero-order valence-electron chi connectivity index (χ0n) is 14.5. The molecule has 2 aliphatic heterocycles. The summed E-state index contributed by atoms with van der Waals surface area (Å²) in [7, 11) is 0. The quantitative estimate of drug-likeness (QED) is 0.713. The normalized spacial score (nSPS) is 15.9. The lowest BCUT2D eigenvalue weighted by atomic mass is 9.98. The van der Waals surface area contributed by atoms with E-state index in [9.17, 15) is 4.79 Å². The molecule has 0 unspecified atom stereocenters. The van der Waals surface area contributed by atoms with Gasteiger partial charge in [-0.1, -0.05) is 23.7 Å². The third-order valence-corrected chi connectivity index (χ3v) is 5.34. The first-order chi connectivity index (χ1) is 13.2. The van der Waals surface area contributed by atoms with Gasteiger partial charge in [-0.25, -0.2) is 0 Å². The van der Waals surface area contributed by atoms with Crippen LogP contribution >= 0.6 is 11.6 Å². The SMILES string of the molecule is O=C(c1ccc2c(c1)OCO2)N1CC=C(c2c[nH]c3cc(Cl)ccc23)CC1. The van der Waals surface area contributed by atoms with Crippen LogP contribution in [-0.4, -0.2) is 35.7 Å². The maximum absolute atomic E-state index is 12.8. The molecule has 0 saturated carbocycles. The van der Waals surface area contributed by atoms with Gasteiger partial charge < -0.3 is 19.4 Å². The molecule has 5 rings (SSSR count). The van der Waals surface area contributed by atoms with Crippen LogP contribution in [-0.2, 0) is 0 Å². The van der Waals surface area contributed by atoms with E-state index in [0.717, 1.165) is 17.3 Å². The maximum atomic E-state index is 12.8. The summed E-state index contributed by atoms with van der Waals surface area (Å²) in [6.45, 7) is 1.47. The monoisotopic (exact) mass is 380 g/mol. The van der Waals surface area contributed by atoms with Crippen LogP contribution < -0.4 is 9.47 Å². The molecule has 0 fully saturated rings. The van der Waals surface area contributed by atoms with Gasteiger partial charge in [-0.2, -0.15) is 0 Å². The Hall–Kier alpha value is -2.92. The summed E-state index contributed by atoms with van der Waals surface area (Å²) in [6, 6.07) is 11.2. The first-order valence-corrected chi connectivity index (χ1v) is 9.22. The third kappa shape index (κ3) is 2.84. The molecule has 1 amide bonds. The van der Waals surface area contributed by atoms with Crippen LogP contribution in [0, 0.1) is 0 Å². The second-order valence-corrected chi connectivity index (χ2v) is 7.13. The number of nitrogens with zero attached hydrogens (tertiary/aromatic N) is 1. The van der Waals surface area contributed by atoms with E-state index in [4.69, 9.17) is 21.1 Å². The van der Waals surface area contributed by atoms with Crippen molar-refractivity contribution in [3.63, 3.8) is 0 Å². The summed E-state index contributed by atoms with van der Waals surface area (Å²) in [4.78, 5) is 18.0. The van der Waals surface area contributed by atoms with Crippen molar-refractivity contribution >= 4 is 34.0 Å². The van der Waals surface area contributed by atoms with E-state index >= 15 is 0 Å². The molecule has 0 spiro atoms. The molecule has 2 aliphatic rings. The number of H-pyrrole nitrogens is 1. The van der Waals surface area contributed by atoms with Crippen LogP contribution in [0.3, 0.4) is 0 Å². The number of aromatic nitrogens is 1. The number of benzene rings is 2. The zero-order chi connectivity index (χ0) is 18.4. The number of halogens is 1. The van der Waals surface area contributed by atoms with Crippen molar-refractivity contribution in [1.82, 2.24) is 9.88 Å². The van der Waals surface area contributed by atoms with Crippen molar-refractivity contribution in [2.75, 3.05) is 19.9 Å². The van der Waals surface area contributed by atoms with Gasteiger partial charge in [-0.3, -0.25) is 4.79 Å². The van der Waals surface area contributed by atoms with Gasteiger partial charge in [-0.05, 0) is 42.3 Å². The zero-order valence-corrected chi connectivity index (χ0v) is 15.3. The number of nitrogens with one attached hydrogen (secondary N) is 1. The van der Waals surface area contributed by atoms with Gasteiger partial charge in [-0.15, -0.1) is 0 Å². The number of ether oxygens (including phenoxy) is 2. The number of carbonyl (C=O) groups is 1. The predicted octanol–water partition coefficient (Wildman–Crippen LogP) is 4.48. The van der Waals surface area contributed by atoms with Crippen LogP contribution in [0.2, 0.25) is 5.02 Å². The molecule has 0 atom stereocenters. The number of aromatic amines is 1. The Morgan fingerprint density at radius 2 is 2.00 bits per heavy atom. The smallest absolute Gasteiger partial charge is 0.254 e. The lowest BCUT2D eigenvalue weighted by molar-refractivity contribution is 0.0772. The Labute approximate surface area is 161 Å². The van der Waals surface area contributed by atoms with Crippen molar-refractivity contribution in [2.24, 2.45) is 0 Å². The molecule has 0 aliphatic carbocycles. The second kappa shape index (κ2) is 6.35. The van der Waals surface area contributed by atoms with Crippen LogP contribution in [0.5, 0.6) is 11.5 Å². The van der Waals surface area contributed by atoms with E-state index in [-0.39, 0.29) is 12.7 Å². The lowest BCUT2D eigenvalue weighted by Crippen LogP contribution is -2.34. The van der Waals surface area contributed by atoms with Crippen molar-refractivity contribution in [1.29, 1.82) is 0 Å². The molecule has 0 radical (unpaired) electrons. The van der Waals surface area contributed by atoms with Gasteiger partial charge in [0.25, 0.3) is 5.91 Å². The second-order valence-electron chi connectivity index (χ2n) is 6.69. The molecule has 0 saturated heterocycles. The van der Waals surface area contributed by atoms with Crippen molar-refractivity contribution < 1.29 is 14.3 Å². The molecule has 1 N–H and O–H groups in total. The van der Waals surface area contributed by atoms with E-state index in [1.165, 1.54) is 11.1 Å². The molecule has 3 heterocycles. The first kappa shape index (κ1) is 16.3. The fraction of sp³-hybridized carbons (Fsp3) is 0.190. The number of hydrogen-bond acceptors (Lipinski definition) is 3. The largest absolute Gasteiger partial charge is 0.454 e. The van der Waals surface area contributed by atoms with Gasteiger partial charge in [0.15, 0.2) is 11.5 Å². The maximum Gasteiger partial charge on any atom is 0.254 e. The summed E-state index contributed by atoms with van der Waals surface area (Å²) in [5.74, 6) is 1.33. The van der Waals surface area contributed by atoms with Crippen molar-refractivity contribution in [2.45, 2.75) is 6.42 Å². The number of fused-ring (bicyclic) bond motifs is 2. The van der Waals surface area contributed by atoms with Crippen LogP contribution in [0.15, 0.2) is 48.7 Å². The molecule has 0 bridgehead atoms. The average molecular weight is 381 g/mol. The summed E-state index contributed by atoms with van der Waals surface area (Å²) >= 11 is 6.07. The molecule has 2 aromatic carbocycles. The highest BCUT2D eigenvalue weighted by molar-refractivity contribution is 6.31. The Bertz CT molecular complexity index is 1090. The fourth-order valence-electron chi connectivity index (χ4n) is 3.67. The minimum atomic E-state index is 0.00862. The van der Waals surface area contributed by atoms with Gasteiger partial charge in [0, 0.05) is 46.3 Å². The van der Waals surface area contributed by atoms with E-state index in [0.29, 0.717) is 35.2 Å². The van der Waals surface area contributed by atoms with Crippen LogP contribution in [0.1, 0.15) is 22.3 Å². The Morgan fingerprint density at radius 3 is 2.85 bits per heavy atom. The van der Waals surface area contributed by atoms with E-state index in [1.807, 2.05) is 29.3 Å². The minimum absolute atomic E-state index is 0.00862. The van der Waals surface area contributed by atoms with E-state index in [2.05, 4.69) is 11.1 Å². The topological polar surface area (TPSA) is 54.6 Å². The average Bonchev–Trinajstić information content (AvgIpc) is 3.33. The van der Waals surface area contributed by atoms with Crippen molar-refractivity contribution in [3.05, 3.63) is 64.8 Å². The fourth-order valence-corrected chi connectivity index (χ4v) is 3.85. The molecular formula is C21H17ClN2O3. The van der Waals surface area contributed by atoms with E-state index < -0.39 is 0 Å². The highest BCUT2D eigenvalue weighted by Crippen LogP contribution is 2.34. The highest BCUT2D eigenvalue weighted by Gasteiger charge is 2.23. The number of carbonyl (C=O) groups excluding carboxylic acids is 1. The van der Waals surface area contributed by atoms with Gasteiger partial charge in [0.05, 0.1) is 0 Å². The van der Waals surface area contributed by atoms with Gasteiger partial charge in [0.2, 0.25) is 6.79 Å².